The number of aryl methyl sites for hydroxylation is 3. The third-order valence-electron chi connectivity index (χ3n) is 4.64. The summed E-state index contributed by atoms with van der Waals surface area (Å²) in [7, 11) is -2.23. The lowest BCUT2D eigenvalue weighted by Crippen LogP contribution is -2.43. The van der Waals surface area contributed by atoms with Gasteiger partial charge in [-0.25, -0.2) is 13.1 Å². The standard InChI is InChI=1S/C17H22N2O5S/c1-11-16(12(2)24-19-11)25(21,22)18-10-17(20)8-4-5-13-9-14(23-3)6-7-15(13)17/h6-7,9,18,20H,4-5,8,10H2,1-3H3. The van der Waals surface area contributed by atoms with Crippen molar-refractivity contribution in [1.82, 2.24) is 9.88 Å². The lowest BCUT2D eigenvalue weighted by atomic mass is 9.79. The molecule has 7 nitrogen and oxygen atoms in total. The van der Waals surface area contributed by atoms with Gasteiger partial charge >= 0.3 is 0 Å². The van der Waals surface area contributed by atoms with E-state index in [1.165, 1.54) is 0 Å². The predicted octanol–water partition coefficient (Wildman–Crippen LogP) is 1.80. The summed E-state index contributed by atoms with van der Waals surface area (Å²) >= 11 is 0. The average molecular weight is 366 g/mol. The zero-order valence-corrected chi connectivity index (χ0v) is 15.3. The van der Waals surface area contributed by atoms with Gasteiger partial charge in [-0.05, 0) is 56.4 Å². The highest BCUT2D eigenvalue weighted by Gasteiger charge is 2.36. The number of fused-ring (bicyclic) bond motifs is 1. The van der Waals surface area contributed by atoms with Gasteiger partial charge in [0, 0.05) is 6.54 Å². The van der Waals surface area contributed by atoms with E-state index in [0.717, 1.165) is 29.7 Å². The number of aromatic nitrogens is 1. The molecule has 136 valence electrons. The van der Waals surface area contributed by atoms with Gasteiger partial charge in [-0.3, -0.25) is 0 Å². The summed E-state index contributed by atoms with van der Waals surface area (Å²) in [5.74, 6) is 0.949. The maximum atomic E-state index is 12.6. The average Bonchev–Trinajstić information content (AvgIpc) is 2.92. The number of hydrogen-bond donors (Lipinski definition) is 2. The lowest BCUT2D eigenvalue weighted by molar-refractivity contribution is 0.0242. The van der Waals surface area contributed by atoms with E-state index in [2.05, 4.69) is 9.88 Å². The molecule has 0 bridgehead atoms. The summed E-state index contributed by atoms with van der Waals surface area (Å²) in [6.45, 7) is 3.01. The highest BCUT2D eigenvalue weighted by molar-refractivity contribution is 7.89. The van der Waals surface area contributed by atoms with Gasteiger partial charge in [-0.2, -0.15) is 0 Å². The number of ether oxygens (including phenoxy) is 1. The van der Waals surface area contributed by atoms with Crippen LogP contribution in [0.4, 0.5) is 0 Å². The van der Waals surface area contributed by atoms with Crippen molar-refractivity contribution in [2.24, 2.45) is 0 Å². The van der Waals surface area contributed by atoms with Crippen LogP contribution in [0, 0.1) is 13.8 Å². The Morgan fingerprint density at radius 2 is 2.16 bits per heavy atom. The molecule has 3 rings (SSSR count). The number of rotatable bonds is 5. The lowest BCUT2D eigenvalue weighted by Gasteiger charge is -2.34. The van der Waals surface area contributed by atoms with E-state index in [1.807, 2.05) is 6.07 Å². The van der Waals surface area contributed by atoms with E-state index < -0.39 is 15.6 Å². The van der Waals surface area contributed by atoms with Crippen LogP contribution in [0.25, 0.3) is 0 Å². The highest BCUT2D eigenvalue weighted by atomic mass is 32.2. The number of nitrogens with zero attached hydrogens (tertiary/aromatic N) is 1. The fourth-order valence-electron chi connectivity index (χ4n) is 3.39. The van der Waals surface area contributed by atoms with Gasteiger partial charge in [0.05, 0.1) is 7.11 Å². The molecule has 0 aliphatic heterocycles. The second kappa shape index (κ2) is 6.44. The van der Waals surface area contributed by atoms with Crippen LogP contribution in [0.2, 0.25) is 0 Å². The van der Waals surface area contributed by atoms with Crippen molar-refractivity contribution in [3.63, 3.8) is 0 Å². The Hall–Kier alpha value is -1.90. The Labute approximate surface area is 147 Å². The van der Waals surface area contributed by atoms with E-state index in [4.69, 9.17) is 9.26 Å². The van der Waals surface area contributed by atoms with Crippen LogP contribution in [-0.4, -0.2) is 32.3 Å². The Balaban J connectivity index is 1.87. The molecule has 1 heterocycles. The molecule has 1 aliphatic rings. The summed E-state index contributed by atoms with van der Waals surface area (Å²) in [4.78, 5) is 0.0295. The molecule has 1 aromatic carbocycles. The minimum atomic E-state index is -3.82. The number of aliphatic hydroxyl groups is 1. The SMILES string of the molecule is COc1ccc2c(c1)CCCC2(O)CNS(=O)(=O)c1c(C)noc1C. The molecule has 0 fully saturated rings. The molecule has 1 atom stereocenters. The number of methoxy groups -OCH3 is 1. The fraction of sp³-hybridized carbons (Fsp3) is 0.471. The molecule has 8 heteroatoms. The van der Waals surface area contributed by atoms with Gasteiger partial charge in [0.25, 0.3) is 0 Å². The molecular formula is C17H22N2O5S. The van der Waals surface area contributed by atoms with Crippen LogP contribution in [0.15, 0.2) is 27.6 Å². The molecule has 0 saturated carbocycles. The summed E-state index contributed by atoms with van der Waals surface area (Å²) in [6.07, 6.45) is 2.08. The Morgan fingerprint density at radius 3 is 2.80 bits per heavy atom. The smallest absolute Gasteiger partial charge is 0.246 e. The molecule has 1 aromatic heterocycles. The predicted molar refractivity (Wildman–Crippen MR) is 91.0 cm³/mol. The van der Waals surface area contributed by atoms with Crippen LogP contribution in [-0.2, 0) is 22.0 Å². The van der Waals surface area contributed by atoms with Crippen molar-refractivity contribution >= 4 is 10.0 Å². The quantitative estimate of drug-likeness (QED) is 0.837. The van der Waals surface area contributed by atoms with Crippen molar-refractivity contribution in [3.05, 3.63) is 40.8 Å². The third-order valence-corrected chi connectivity index (χ3v) is 6.29. The Kier molecular flexibility index (Phi) is 4.61. The number of benzene rings is 1. The second-order valence-electron chi connectivity index (χ2n) is 6.39. The van der Waals surface area contributed by atoms with E-state index in [-0.39, 0.29) is 17.2 Å². The second-order valence-corrected chi connectivity index (χ2v) is 8.09. The third kappa shape index (κ3) is 3.29. The van der Waals surface area contributed by atoms with Gasteiger partial charge in [0.1, 0.15) is 21.9 Å². The first-order valence-corrected chi connectivity index (χ1v) is 9.57. The fourth-order valence-corrected chi connectivity index (χ4v) is 4.81. The van der Waals surface area contributed by atoms with Crippen LogP contribution in [0.5, 0.6) is 5.75 Å². The number of hydrogen-bond acceptors (Lipinski definition) is 6. The maximum absolute atomic E-state index is 12.6. The molecule has 1 unspecified atom stereocenters. The largest absolute Gasteiger partial charge is 0.497 e. The van der Waals surface area contributed by atoms with Gasteiger partial charge < -0.3 is 14.4 Å². The molecular weight excluding hydrogens is 344 g/mol. The molecule has 2 N–H and O–H groups in total. The highest BCUT2D eigenvalue weighted by Crippen LogP contribution is 2.37. The molecule has 0 saturated heterocycles. The van der Waals surface area contributed by atoms with E-state index >= 15 is 0 Å². The molecule has 2 aromatic rings. The molecule has 0 amide bonds. The zero-order chi connectivity index (χ0) is 18.2. The summed E-state index contributed by atoms with van der Waals surface area (Å²) in [5, 5.41) is 14.8. The summed E-state index contributed by atoms with van der Waals surface area (Å²) in [5.41, 5.74) is 0.753. The monoisotopic (exact) mass is 366 g/mol. The van der Waals surface area contributed by atoms with E-state index in [0.29, 0.717) is 12.1 Å². The van der Waals surface area contributed by atoms with Crippen molar-refractivity contribution in [3.8, 4) is 5.75 Å². The minimum Gasteiger partial charge on any atom is -0.497 e. The van der Waals surface area contributed by atoms with Gasteiger partial charge in [0.2, 0.25) is 10.0 Å². The molecule has 0 radical (unpaired) electrons. The van der Waals surface area contributed by atoms with Gasteiger partial charge in [0.15, 0.2) is 5.76 Å². The van der Waals surface area contributed by atoms with Crippen LogP contribution < -0.4 is 9.46 Å². The van der Waals surface area contributed by atoms with E-state index in [1.54, 1.807) is 33.1 Å². The number of nitrogens with one attached hydrogen (secondary N) is 1. The molecule has 25 heavy (non-hydrogen) atoms. The first-order valence-electron chi connectivity index (χ1n) is 8.09. The molecule has 1 aliphatic carbocycles. The Morgan fingerprint density at radius 1 is 1.40 bits per heavy atom. The topological polar surface area (TPSA) is 102 Å². The normalized spacial score (nSPS) is 20.3. The maximum Gasteiger partial charge on any atom is 0.246 e. The van der Waals surface area contributed by atoms with Crippen molar-refractivity contribution < 1.29 is 22.8 Å². The van der Waals surface area contributed by atoms with E-state index in [9.17, 15) is 13.5 Å². The summed E-state index contributed by atoms with van der Waals surface area (Å²) < 4.78 is 37.9. The first-order chi connectivity index (χ1) is 11.8. The number of sulfonamides is 1. The zero-order valence-electron chi connectivity index (χ0n) is 14.5. The van der Waals surface area contributed by atoms with Crippen LogP contribution >= 0.6 is 0 Å². The minimum absolute atomic E-state index is 0.0295. The van der Waals surface area contributed by atoms with Gasteiger partial charge in [-0.1, -0.05) is 11.2 Å². The van der Waals surface area contributed by atoms with Gasteiger partial charge in [-0.15, -0.1) is 0 Å². The summed E-state index contributed by atoms with van der Waals surface area (Å²) in [6, 6.07) is 5.47. The van der Waals surface area contributed by atoms with Crippen molar-refractivity contribution in [2.75, 3.05) is 13.7 Å². The molecule has 0 spiro atoms. The Bertz CT molecular complexity index is 871. The first kappa shape index (κ1) is 17.9. The van der Waals surface area contributed by atoms with Crippen molar-refractivity contribution in [1.29, 1.82) is 0 Å². The van der Waals surface area contributed by atoms with Crippen molar-refractivity contribution in [2.45, 2.75) is 43.6 Å². The van der Waals surface area contributed by atoms with Crippen LogP contribution in [0.1, 0.15) is 35.4 Å². The van der Waals surface area contributed by atoms with Crippen LogP contribution in [0.3, 0.4) is 0 Å².